The van der Waals surface area contributed by atoms with Gasteiger partial charge >= 0.3 is 17.9 Å². The number of carbonyl (C=O) groups is 3. The Labute approximate surface area is 415 Å². The number of hydrogen-bond acceptors (Lipinski definition) is 6. The summed E-state index contributed by atoms with van der Waals surface area (Å²) in [5.41, 5.74) is 0. The maximum Gasteiger partial charge on any atom is 0.306 e. The average Bonchev–Trinajstić information content (AvgIpc) is 3.33. The van der Waals surface area contributed by atoms with E-state index in [1.54, 1.807) is 0 Å². The fraction of sp³-hybridized carbons (Fsp3) is 0.787. The summed E-state index contributed by atoms with van der Waals surface area (Å²) < 4.78 is 16.8. The van der Waals surface area contributed by atoms with Crippen LogP contribution < -0.4 is 0 Å². The molecule has 0 rings (SSSR count). The lowest BCUT2D eigenvalue weighted by atomic mass is 10.1. The van der Waals surface area contributed by atoms with Crippen LogP contribution in [0.15, 0.2) is 60.8 Å². The summed E-state index contributed by atoms with van der Waals surface area (Å²) in [6.07, 6.45) is 69.2. The zero-order valence-electron chi connectivity index (χ0n) is 44.4. The van der Waals surface area contributed by atoms with E-state index < -0.39 is 6.10 Å². The Bertz CT molecular complexity index is 1210. The van der Waals surface area contributed by atoms with Crippen LogP contribution in [0.2, 0.25) is 0 Å². The summed E-state index contributed by atoms with van der Waals surface area (Å²) in [5.74, 6) is -0.909. The molecule has 0 aromatic rings. The third-order valence-corrected chi connectivity index (χ3v) is 12.5. The van der Waals surface area contributed by atoms with E-state index in [9.17, 15) is 14.4 Å². The maximum atomic E-state index is 12.8. The summed E-state index contributed by atoms with van der Waals surface area (Å²) in [5, 5.41) is 0. The Balaban J connectivity index is 4.38. The van der Waals surface area contributed by atoms with Gasteiger partial charge in [0.15, 0.2) is 6.10 Å². The van der Waals surface area contributed by atoms with Gasteiger partial charge in [-0.2, -0.15) is 0 Å². The highest BCUT2D eigenvalue weighted by molar-refractivity contribution is 5.71. The fourth-order valence-corrected chi connectivity index (χ4v) is 8.13. The van der Waals surface area contributed by atoms with Crippen molar-refractivity contribution in [1.82, 2.24) is 0 Å². The van der Waals surface area contributed by atoms with Gasteiger partial charge in [-0.25, -0.2) is 0 Å². The number of carbonyl (C=O) groups excluding carboxylic acids is 3. The van der Waals surface area contributed by atoms with Crippen LogP contribution in [0.3, 0.4) is 0 Å². The first-order valence-corrected chi connectivity index (χ1v) is 28.8. The molecule has 0 aliphatic carbocycles. The number of rotatable bonds is 52. The van der Waals surface area contributed by atoms with E-state index in [1.807, 2.05) is 0 Å². The van der Waals surface area contributed by atoms with Gasteiger partial charge in [-0.05, 0) is 89.9 Å². The summed E-state index contributed by atoms with van der Waals surface area (Å²) >= 11 is 0. The van der Waals surface area contributed by atoms with Crippen LogP contribution in [0.5, 0.6) is 0 Å². The van der Waals surface area contributed by atoms with E-state index in [1.165, 1.54) is 167 Å². The molecule has 0 heterocycles. The second-order valence-electron chi connectivity index (χ2n) is 19.2. The highest BCUT2D eigenvalue weighted by atomic mass is 16.6. The molecular weight excluding hydrogens is 829 g/mol. The van der Waals surface area contributed by atoms with Gasteiger partial charge in [0.2, 0.25) is 0 Å². The molecule has 6 heteroatoms. The third kappa shape index (κ3) is 53.9. The van der Waals surface area contributed by atoms with E-state index in [-0.39, 0.29) is 31.1 Å². The second kappa shape index (κ2) is 55.7. The molecular formula is C61H108O6. The number of esters is 3. The summed E-state index contributed by atoms with van der Waals surface area (Å²) in [7, 11) is 0. The number of hydrogen-bond donors (Lipinski definition) is 0. The van der Waals surface area contributed by atoms with Crippen molar-refractivity contribution >= 4 is 17.9 Å². The van der Waals surface area contributed by atoms with Gasteiger partial charge in [-0.3, -0.25) is 14.4 Å². The van der Waals surface area contributed by atoms with Crippen LogP contribution >= 0.6 is 0 Å². The standard InChI is InChI=1S/C61H108O6/c1-4-7-10-13-16-19-22-24-26-28-30-32-34-36-39-42-45-48-51-54-60(63)66-57-58(56-65-59(62)53-50-47-44-41-38-21-18-15-12-9-6-3)67-61(64)55-52-49-46-43-40-37-35-33-31-29-27-25-23-20-17-14-11-8-5-2/h17,20,24-27,31,33,37,40,58H,4-16,18-19,21-23,28-30,32,34-36,38-39,41-57H2,1-3H3/b20-17-,26-24-,27-25-,33-31-,40-37-/t58-/m0/s1. The summed E-state index contributed by atoms with van der Waals surface area (Å²) in [6, 6.07) is 0. The van der Waals surface area contributed by atoms with Gasteiger partial charge in [-0.1, -0.05) is 242 Å². The molecule has 0 N–H and O–H groups in total. The molecule has 388 valence electrons. The first-order chi connectivity index (χ1) is 33.0. The third-order valence-electron chi connectivity index (χ3n) is 12.5. The predicted molar refractivity (Wildman–Crippen MR) is 288 cm³/mol. The van der Waals surface area contributed by atoms with Crippen molar-refractivity contribution in [1.29, 1.82) is 0 Å². The first-order valence-electron chi connectivity index (χ1n) is 28.8. The number of allylic oxidation sites excluding steroid dienone is 10. The van der Waals surface area contributed by atoms with E-state index in [0.717, 1.165) is 83.5 Å². The Kier molecular flexibility index (Phi) is 53.3. The minimum atomic E-state index is -0.789. The first kappa shape index (κ1) is 64.1. The van der Waals surface area contributed by atoms with Crippen molar-refractivity contribution < 1.29 is 28.6 Å². The molecule has 0 amide bonds. The van der Waals surface area contributed by atoms with Crippen molar-refractivity contribution in [3.05, 3.63) is 60.8 Å². The normalized spacial score (nSPS) is 12.5. The lowest BCUT2D eigenvalue weighted by Gasteiger charge is -2.18. The quantitative estimate of drug-likeness (QED) is 0.0262. The lowest BCUT2D eigenvalue weighted by Crippen LogP contribution is -2.30. The molecule has 0 aromatic heterocycles. The smallest absolute Gasteiger partial charge is 0.306 e. The average molecular weight is 938 g/mol. The van der Waals surface area contributed by atoms with Crippen LogP contribution in [-0.4, -0.2) is 37.2 Å². The van der Waals surface area contributed by atoms with Gasteiger partial charge < -0.3 is 14.2 Å². The van der Waals surface area contributed by atoms with Crippen molar-refractivity contribution in [2.24, 2.45) is 0 Å². The van der Waals surface area contributed by atoms with Gasteiger partial charge in [-0.15, -0.1) is 0 Å². The van der Waals surface area contributed by atoms with Crippen LogP contribution in [0.1, 0.15) is 290 Å². The molecule has 67 heavy (non-hydrogen) atoms. The highest BCUT2D eigenvalue weighted by Crippen LogP contribution is 2.15. The number of ether oxygens (including phenoxy) is 3. The highest BCUT2D eigenvalue weighted by Gasteiger charge is 2.19. The van der Waals surface area contributed by atoms with Crippen molar-refractivity contribution in [3.8, 4) is 0 Å². The van der Waals surface area contributed by atoms with E-state index in [2.05, 4.69) is 81.5 Å². The maximum absolute atomic E-state index is 12.8. The fourth-order valence-electron chi connectivity index (χ4n) is 8.13. The van der Waals surface area contributed by atoms with Crippen LogP contribution in [0, 0.1) is 0 Å². The van der Waals surface area contributed by atoms with Crippen molar-refractivity contribution in [2.75, 3.05) is 13.2 Å². The van der Waals surface area contributed by atoms with Gasteiger partial charge in [0.05, 0.1) is 0 Å². The molecule has 0 aromatic carbocycles. The molecule has 0 saturated heterocycles. The minimum absolute atomic E-state index is 0.0854. The van der Waals surface area contributed by atoms with Crippen molar-refractivity contribution in [3.63, 3.8) is 0 Å². The van der Waals surface area contributed by atoms with E-state index in [0.29, 0.717) is 19.3 Å². The zero-order valence-corrected chi connectivity index (χ0v) is 44.4. The summed E-state index contributed by atoms with van der Waals surface area (Å²) in [4.78, 5) is 38.1. The largest absolute Gasteiger partial charge is 0.462 e. The minimum Gasteiger partial charge on any atom is -0.462 e. The number of unbranched alkanes of at least 4 members (excludes halogenated alkanes) is 31. The molecule has 0 aliphatic rings. The molecule has 0 fully saturated rings. The molecule has 0 saturated carbocycles. The van der Waals surface area contributed by atoms with Crippen LogP contribution in [0.4, 0.5) is 0 Å². The Morgan fingerprint density at radius 1 is 0.299 bits per heavy atom. The predicted octanol–water partition coefficient (Wildman–Crippen LogP) is 19.2. The Morgan fingerprint density at radius 2 is 0.537 bits per heavy atom. The van der Waals surface area contributed by atoms with Gasteiger partial charge in [0.1, 0.15) is 13.2 Å². The van der Waals surface area contributed by atoms with Gasteiger partial charge in [0, 0.05) is 19.3 Å². The molecule has 0 radical (unpaired) electrons. The van der Waals surface area contributed by atoms with E-state index in [4.69, 9.17) is 14.2 Å². The van der Waals surface area contributed by atoms with E-state index >= 15 is 0 Å². The van der Waals surface area contributed by atoms with Crippen LogP contribution in [0.25, 0.3) is 0 Å². The Morgan fingerprint density at radius 3 is 0.896 bits per heavy atom. The Hall–Kier alpha value is -2.89. The molecule has 0 spiro atoms. The lowest BCUT2D eigenvalue weighted by molar-refractivity contribution is -0.167. The molecule has 0 aliphatic heterocycles. The molecule has 6 nitrogen and oxygen atoms in total. The molecule has 0 unspecified atom stereocenters. The second-order valence-corrected chi connectivity index (χ2v) is 19.2. The monoisotopic (exact) mass is 937 g/mol. The zero-order chi connectivity index (χ0) is 48.6. The molecule has 1 atom stereocenters. The van der Waals surface area contributed by atoms with Crippen molar-refractivity contribution in [2.45, 2.75) is 297 Å². The van der Waals surface area contributed by atoms with Gasteiger partial charge in [0.25, 0.3) is 0 Å². The summed E-state index contributed by atoms with van der Waals surface area (Å²) in [6.45, 7) is 6.60. The van der Waals surface area contributed by atoms with Crippen LogP contribution in [-0.2, 0) is 28.6 Å². The molecule has 0 bridgehead atoms. The SMILES string of the molecule is CCCCC/C=C\C/C=C\C/C=C\C/C=C\CCCCCC(=O)O[C@H](COC(=O)CCCCCCCCCCC/C=C\CCCCCCCC)COC(=O)CCCCCCCCCCCCC. The topological polar surface area (TPSA) is 78.9 Å².